The van der Waals surface area contributed by atoms with Crippen LogP contribution in [0.1, 0.15) is 32.3 Å². The van der Waals surface area contributed by atoms with Gasteiger partial charge in [-0.05, 0) is 25.0 Å². The van der Waals surface area contributed by atoms with Crippen molar-refractivity contribution < 1.29 is 29.0 Å². The van der Waals surface area contributed by atoms with Gasteiger partial charge in [-0.1, -0.05) is 69.5 Å². The summed E-state index contributed by atoms with van der Waals surface area (Å²) in [5.41, 5.74) is 1.30. The zero-order valence-electron chi connectivity index (χ0n) is 17.3. The van der Waals surface area contributed by atoms with E-state index in [0.29, 0.717) is 6.61 Å². The van der Waals surface area contributed by atoms with E-state index in [-0.39, 0.29) is 11.1 Å². The van der Waals surface area contributed by atoms with E-state index in [1.807, 2.05) is 43.3 Å². The van der Waals surface area contributed by atoms with E-state index in [0.717, 1.165) is 18.9 Å². The number of carboxylic acids is 1. The van der Waals surface area contributed by atoms with E-state index in [1.165, 1.54) is 25.7 Å². The van der Waals surface area contributed by atoms with Gasteiger partial charge < -0.3 is 14.6 Å². The van der Waals surface area contributed by atoms with E-state index in [2.05, 4.69) is 24.5 Å². The third kappa shape index (κ3) is 16.5. The van der Waals surface area contributed by atoms with Crippen molar-refractivity contribution in [2.45, 2.75) is 26.7 Å². The number of unbranched alkanes of at least 4 members (excludes halogenated alkanes) is 1. The summed E-state index contributed by atoms with van der Waals surface area (Å²) in [7, 11) is 1.31. The van der Waals surface area contributed by atoms with Crippen LogP contribution in [0, 0.1) is 0 Å². The number of methoxy groups -OCH3 is 1. The van der Waals surface area contributed by atoms with Gasteiger partial charge in [0.2, 0.25) is 0 Å². The van der Waals surface area contributed by atoms with Crippen LogP contribution in [0.4, 0.5) is 0 Å². The predicted octanol–water partition coefficient (Wildman–Crippen LogP) is 4.59. The van der Waals surface area contributed by atoms with Crippen molar-refractivity contribution in [3.8, 4) is 0 Å². The molecule has 1 rings (SSSR count). The first kappa shape index (κ1) is 27.8. The zero-order chi connectivity index (χ0) is 22.7. The Morgan fingerprint density at radius 3 is 2.07 bits per heavy atom. The minimum Gasteiger partial charge on any atom is -0.478 e. The molecule has 1 N–H and O–H groups in total. The molecule has 0 aliphatic heterocycles. The molecule has 0 fully saturated rings. The van der Waals surface area contributed by atoms with Crippen molar-refractivity contribution >= 4 is 24.0 Å². The third-order valence-corrected chi connectivity index (χ3v) is 3.12. The number of hydrogen-bond acceptors (Lipinski definition) is 5. The van der Waals surface area contributed by atoms with Crippen LogP contribution in [0.5, 0.6) is 0 Å². The van der Waals surface area contributed by atoms with Crippen LogP contribution in [0.15, 0.2) is 73.4 Å². The number of benzene rings is 1. The normalized spacial score (nSPS) is 9.41. The first-order valence-electron chi connectivity index (χ1n) is 8.88. The topological polar surface area (TPSA) is 89.9 Å². The summed E-state index contributed by atoms with van der Waals surface area (Å²) in [6, 6.07) is 10.0. The Morgan fingerprint density at radius 2 is 1.72 bits per heavy atom. The zero-order valence-corrected chi connectivity index (χ0v) is 17.3. The average molecular weight is 402 g/mol. The molecule has 0 unspecified atom stereocenters. The lowest BCUT2D eigenvalue weighted by molar-refractivity contribution is -0.138. The van der Waals surface area contributed by atoms with Gasteiger partial charge in [0.1, 0.15) is 0 Å². The Bertz CT molecular complexity index is 701. The third-order valence-electron chi connectivity index (χ3n) is 3.12. The molecule has 0 heterocycles. The van der Waals surface area contributed by atoms with Gasteiger partial charge in [-0.2, -0.15) is 0 Å². The first-order valence-corrected chi connectivity index (χ1v) is 8.88. The maximum absolute atomic E-state index is 11.2. The van der Waals surface area contributed by atoms with Crippen LogP contribution in [0.25, 0.3) is 6.08 Å². The highest BCUT2D eigenvalue weighted by Crippen LogP contribution is 2.03. The number of carbonyl (C=O) groups excluding carboxylic acids is 2. The van der Waals surface area contributed by atoms with Crippen molar-refractivity contribution in [3.63, 3.8) is 0 Å². The average Bonchev–Trinajstić information content (AvgIpc) is 2.74. The van der Waals surface area contributed by atoms with Gasteiger partial charge in [-0.25, -0.2) is 14.4 Å². The lowest BCUT2D eigenvalue weighted by Crippen LogP contribution is -2.08. The Hall–Kier alpha value is -3.41. The van der Waals surface area contributed by atoms with Gasteiger partial charge in [-0.15, -0.1) is 0 Å². The second-order valence-electron chi connectivity index (χ2n) is 5.49. The van der Waals surface area contributed by atoms with Crippen LogP contribution in [0.3, 0.4) is 0 Å². The van der Waals surface area contributed by atoms with Crippen LogP contribution in [-0.4, -0.2) is 36.7 Å². The summed E-state index contributed by atoms with van der Waals surface area (Å²) in [6.07, 6.45) is 5.88. The summed E-state index contributed by atoms with van der Waals surface area (Å²) >= 11 is 0. The summed E-state index contributed by atoms with van der Waals surface area (Å²) < 4.78 is 8.99. The molecule has 0 bridgehead atoms. The van der Waals surface area contributed by atoms with E-state index < -0.39 is 17.9 Å². The standard InChI is InChI=1S/C11H16O4.C8H8.C4H6O2/c1-4-5-6-15-11(14)9(3)7-8(2)10(12)13;1-2-8-6-4-3-5-7-8;1-3-4(5)6-2/h7H,3-6H2,1-2H3,(H,12,13);2-7H,1H2;3H,1H2,2H3. The maximum atomic E-state index is 11.2. The molecule has 0 amide bonds. The van der Waals surface area contributed by atoms with Crippen LogP contribution in [-0.2, 0) is 23.9 Å². The van der Waals surface area contributed by atoms with Crippen molar-refractivity contribution in [3.05, 3.63) is 78.9 Å². The molecule has 158 valence electrons. The number of ether oxygens (including phenoxy) is 2. The molecule has 0 saturated heterocycles. The van der Waals surface area contributed by atoms with E-state index >= 15 is 0 Å². The highest BCUT2D eigenvalue weighted by molar-refractivity contribution is 5.94. The van der Waals surface area contributed by atoms with E-state index in [4.69, 9.17) is 9.84 Å². The monoisotopic (exact) mass is 402 g/mol. The molecule has 0 aromatic heterocycles. The molecule has 1 aromatic rings. The molecular formula is C23H30O6. The number of carbonyl (C=O) groups is 3. The number of esters is 2. The largest absolute Gasteiger partial charge is 0.478 e. The minimum atomic E-state index is -1.07. The van der Waals surface area contributed by atoms with Crippen LogP contribution >= 0.6 is 0 Å². The van der Waals surface area contributed by atoms with Gasteiger partial charge in [0.25, 0.3) is 0 Å². The highest BCUT2D eigenvalue weighted by atomic mass is 16.5. The number of aliphatic carboxylic acids is 1. The molecule has 1 aromatic carbocycles. The molecule has 0 radical (unpaired) electrons. The fourth-order valence-corrected chi connectivity index (χ4v) is 1.46. The predicted molar refractivity (Wildman–Crippen MR) is 115 cm³/mol. The summed E-state index contributed by atoms with van der Waals surface area (Å²) in [5, 5.41) is 8.57. The smallest absolute Gasteiger partial charge is 0.337 e. The second-order valence-corrected chi connectivity index (χ2v) is 5.49. The van der Waals surface area contributed by atoms with E-state index in [9.17, 15) is 14.4 Å². The maximum Gasteiger partial charge on any atom is 0.337 e. The Morgan fingerprint density at radius 1 is 1.14 bits per heavy atom. The quantitative estimate of drug-likeness (QED) is 0.296. The Kier molecular flexibility index (Phi) is 17.2. The number of hydrogen-bond donors (Lipinski definition) is 1. The van der Waals surface area contributed by atoms with Gasteiger partial charge in [-0.3, -0.25) is 0 Å². The summed E-state index contributed by atoms with van der Waals surface area (Å²) in [6.45, 7) is 13.9. The molecule has 6 heteroatoms. The van der Waals surface area contributed by atoms with Crippen LogP contribution in [0.2, 0.25) is 0 Å². The molecule has 29 heavy (non-hydrogen) atoms. The summed E-state index contributed by atoms with van der Waals surface area (Å²) in [5.74, 6) is -2.03. The number of rotatable bonds is 8. The molecule has 0 atom stereocenters. The van der Waals surface area contributed by atoms with Gasteiger partial charge in [0.05, 0.1) is 19.3 Å². The molecule has 0 aliphatic carbocycles. The molecule has 0 spiro atoms. The molecule has 0 aliphatic rings. The van der Waals surface area contributed by atoms with Crippen molar-refractivity contribution in [1.82, 2.24) is 0 Å². The number of carboxylic acid groups (broad SMARTS) is 1. The first-order chi connectivity index (χ1) is 13.7. The molecular weight excluding hydrogens is 372 g/mol. The molecule has 6 nitrogen and oxygen atoms in total. The van der Waals surface area contributed by atoms with Gasteiger partial charge in [0.15, 0.2) is 0 Å². The lowest BCUT2D eigenvalue weighted by atomic mass is 10.2. The lowest BCUT2D eigenvalue weighted by Gasteiger charge is -2.03. The minimum absolute atomic E-state index is 0.0611. The SMILES string of the molecule is C=C(C=C(C)C(=O)O)C(=O)OCCCC.C=CC(=O)OC.C=Cc1ccccc1. The second kappa shape index (κ2) is 18.0. The Balaban J connectivity index is 0. The van der Waals surface area contributed by atoms with Crippen molar-refractivity contribution in [1.29, 1.82) is 0 Å². The summed E-state index contributed by atoms with van der Waals surface area (Å²) in [4.78, 5) is 31.5. The Labute approximate surface area is 172 Å². The van der Waals surface area contributed by atoms with E-state index in [1.54, 1.807) is 0 Å². The van der Waals surface area contributed by atoms with Crippen LogP contribution < -0.4 is 0 Å². The van der Waals surface area contributed by atoms with Crippen molar-refractivity contribution in [2.75, 3.05) is 13.7 Å². The fourth-order valence-electron chi connectivity index (χ4n) is 1.46. The molecule has 0 saturated carbocycles. The van der Waals surface area contributed by atoms with Gasteiger partial charge >= 0.3 is 17.9 Å². The van der Waals surface area contributed by atoms with Crippen molar-refractivity contribution in [2.24, 2.45) is 0 Å². The highest BCUT2D eigenvalue weighted by Gasteiger charge is 2.08. The van der Waals surface area contributed by atoms with Gasteiger partial charge in [0, 0.05) is 11.6 Å². The fraction of sp³-hybridized carbons (Fsp3) is 0.261.